The number of nitrogen functional groups attached to an aromatic ring is 1. The van der Waals surface area contributed by atoms with Gasteiger partial charge in [-0.05, 0) is 44.0 Å². The number of nitrogens with zero attached hydrogens (tertiary/aromatic N) is 6. The van der Waals surface area contributed by atoms with E-state index >= 15 is 0 Å². The molecule has 1 aliphatic carbocycles. The van der Waals surface area contributed by atoms with Crippen molar-refractivity contribution in [2.45, 2.75) is 31.7 Å². The molecule has 1 fully saturated rings. The fraction of sp³-hybridized carbons (Fsp3) is 0.200. The topological polar surface area (TPSA) is 138 Å². The van der Waals surface area contributed by atoms with Gasteiger partial charge in [0, 0.05) is 5.92 Å². The second-order valence-electron chi connectivity index (χ2n) is 8.65. The molecule has 1 aliphatic rings. The van der Waals surface area contributed by atoms with Gasteiger partial charge in [0.1, 0.15) is 40.6 Å². The Kier molecular flexibility index (Phi) is 5.17. The summed E-state index contributed by atoms with van der Waals surface area (Å²) >= 11 is 0. The minimum atomic E-state index is -0.629. The quantitative estimate of drug-likeness (QED) is 0.366. The third-order valence-electron chi connectivity index (χ3n) is 6.09. The van der Waals surface area contributed by atoms with E-state index in [1.807, 2.05) is 13.0 Å². The third-order valence-corrected chi connectivity index (χ3v) is 6.09. The Labute approximate surface area is 204 Å². The molecule has 5 aromatic rings. The first kappa shape index (κ1) is 21.8. The van der Waals surface area contributed by atoms with Crippen molar-refractivity contribution in [3.8, 4) is 17.1 Å². The first-order valence-corrected chi connectivity index (χ1v) is 11.5. The number of hydrogen-bond donors (Lipinski definition) is 2. The molecular weight excluding hydrogens is 463 g/mol. The number of nitrogens with two attached hydrogens (primary N) is 1. The van der Waals surface area contributed by atoms with Gasteiger partial charge in [-0.2, -0.15) is 0 Å². The lowest BCUT2D eigenvalue weighted by atomic mass is 10.2. The molecule has 0 radical (unpaired) electrons. The van der Waals surface area contributed by atoms with E-state index in [0.717, 1.165) is 12.8 Å². The first-order chi connectivity index (χ1) is 17.5. The normalized spacial score (nSPS) is 14.2. The number of benzene rings is 2. The van der Waals surface area contributed by atoms with E-state index in [1.54, 1.807) is 30.3 Å². The van der Waals surface area contributed by atoms with Gasteiger partial charge >= 0.3 is 0 Å². The highest BCUT2D eigenvalue weighted by atomic mass is 19.1. The summed E-state index contributed by atoms with van der Waals surface area (Å²) in [5, 5.41) is 11.5. The lowest BCUT2D eigenvalue weighted by Gasteiger charge is -2.21. The number of para-hydroxylation sites is 1. The summed E-state index contributed by atoms with van der Waals surface area (Å²) in [5.41, 5.74) is 6.83. The smallest absolute Gasteiger partial charge is 0.269 e. The maximum Gasteiger partial charge on any atom is 0.269 e. The van der Waals surface area contributed by atoms with Gasteiger partial charge < -0.3 is 15.5 Å². The summed E-state index contributed by atoms with van der Waals surface area (Å²) in [6, 6.07) is 12.8. The van der Waals surface area contributed by atoms with Crippen LogP contribution in [0.25, 0.3) is 28.0 Å². The van der Waals surface area contributed by atoms with E-state index in [1.165, 1.54) is 23.0 Å². The number of halogens is 1. The van der Waals surface area contributed by atoms with Crippen LogP contribution in [0, 0.1) is 5.82 Å². The van der Waals surface area contributed by atoms with Crippen molar-refractivity contribution in [3.05, 3.63) is 82.7 Å². The molecule has 0 unspecified atom stereocenters. The van der Waals surface area contributed by atoms with Crippen LogP contribution >= 0.6 is 0 Å². The Morgan fingerprint density at radius 1 is 1.11 bits per heavy atom. The van der Waals surface area contributed by atoms with Crippen molar-refractivity contribution in [2.24, 2.45) is 0 Å². The Bertz CT molecular complexity index is 1650. The molecular formula is C25H21FN8O2. The van der Waals surface area contributed by atoms with E-state index in [4.69, 9.17) is 10.2 Å². The van der Waals surface area contributed by atoms with Gasteiger partial charge in [-0.1, -0.05) is 24.3 Å². The number of fused-ring (bicyclic) bond motifs is 1. The Balaban J connectivity index is 1.47. The zero-order valence-electron chi connectivity index (χ0n) is 19.2. The summed E-state index contributed by atoms with van der Waals surface area (Å²) < 4.78 is 21.9. The maximum atomic E-state index is 14.6. The summed E-state index contributed by atoms with van der Waals surface area (Å²) in [4.78, 5) is 26.6. The maximum absolute atomic E-state index is 14.6. The van der Waals surface area contributed by atoms with Gasteiger partial charge in [0.2, 0.25) is 5.89 Å². The Morgan fingerprint density at radius 3 is 2.69 bits per heavy atom. The Morgan fingerprint density at radius 2 is 1.92 bits per heavy atom. The minimum absolute atomic E-state index is 0.0808. The number of hydrogen-bond acceptors (Lipinski definition) is 9. The van der Waals surface area contributed by atoms with E-state index < -0.39 is 17.4 Å². The fourth-order valence-corrected chi connectivity index (χ4v) is 4.14. The predicted octanol–water partition coefficient (Wildman–Crippen LogP) is 4.00. The number of nitrogens with one attached hydrogen (secondary N) is 1. The average Bonchev–Trinajstić information content (AvgIpc) is 3.62. The largest absolute Gasteiger partial charge is 0.420 e. The number of rotatable bonds is 6. The Hall–Kier alpha value is -4.67. The molecule has 0 spiro atoms. The molecule has 11 heteroatoms. The van der Waals surface area contributed by atoms with Gasteiger partial charge in [0.25, 0.3) is 11.4 Å². The lowest BCUT2D eigenvalue weighted by molar-refractivity contribution is 0.508. The van der Waals surface area contributed by atoms with Crippen molar-refractivity contribution in [1.29, 1.82) is 0 Å². The van der Waals surface area contributed by atoms with Gasteiger partial charge in [0.15, 0.2) is 0 Å². The predicted molar refractivity (Wildman–Crippen MR) is 131 cm³/mol. The van der Waals surface area contributed by atoms with Crippen LogP contribution in [0.4, 0.5) is 16.0 Å². The molecule has 0 saturated heterocycles. The van der Waals surface area contributed by atoms with Crippen molar-refractivity contribution >= 4 is 22.5 Å². The molecule has 3 aromatic heterocycles. The molecule has 1 saturated carbocycles. The summed E-state index contributed by atoms with van der Waals surface area (Å²) in [5.74, 6) is 1.28. The van der Waals surface area contributed by atoms with E-state index in [-0.39, 0.29) is 28.5 Å². The van der Waals surface area contributed by atoms with Crippen molar-refractivity contribution in [1.82, 2.24) is 29.7 Å². The van der Waals surface area contributed by atoms with E-state index in [2.05, 4.69) is 30.5 Å². The summed E-state index contributed by atoms with van der Waals surface area (Å²) in [7, 11) is 0. The first-order valence-electron chi connectivity index (χ1n) is 11.5. The third kappa shape index (κ3) is 3.74. The number of aromatic nitrogens is 6. The van der Waals surface area contributed by atoms with Gasteiger partial charge in [-0.25, -0.2) is 19.3 Å². The zero-order chi connectivity index (χ0) is 24.8. The van der Waals surface area contributed by atoms with Crippen LogP contribution in [0.2, 0.25) is 0 Å². The molecule has 6 rings (SSSR count). The van der Waals surface area contributed by atoms with Gasteiger partial charge in [-0.3, -0.25) is 9.36 Å². The highest BCUT2D eigenvalue weighted by molar-refractivity contribution is 5.80. The second kappa shape index (κ2) is 8.52. The standard InChI is InChI=1S/C25H21FN8O2/c1-13(30-21-19(20(27)28-12-29-21)24-33-32-23(36-24)14-10-11-14)22-31-17-9-5-8-16(26)18(17)25(35)34(22)15-6-3-2-4-7-15/h2-9,12-14H,10-11H2,1H3,(H3,27,28,29,30)/t13-/m0/s1. The van der Waals surface area contributed by atoms with Crippen LogP contribution in [0.1, 0.15) is 43.4 Å². The molecule has 0 aliphatic heterocycles. The SMILES string of the molecule is C[C@H](Nc1ncnc(N)c1-c1nnc(C2CC2)o1)c1nc2cccc(F)c2c(=O)n1-c1ccccc1. The number of anilines is 2. The van der Waals surface area contributed by atoms with Crippen LogP contribution in [-0.4, -0.2) is 29.7 Å². The summed E-state index contributed by atoms with van der Waals surface area (Å²) in [6.45, 7) is 1.82. The molecule has 36 heavy (non-hydrogen) atoms. The molecule has 1 atom stereocenters. The van der Waals surface area contributed by atoms with Crippen LogP contribution in [0.15, 0.2) is 64.1 Å². The average molecular weight is 484 g/mol. The van der Waals surface area contributed by atoms with Crippen LogP contribution < -0.4 is 16.6 Å². The van der Waals surface area contributed by atoms with Gasteiger partial charge in [-0.15, -0.1) is 10.2 Å². The molecule has 0 amide bonds. The van der Waals surface area contributed by atoms with Crippen molar-refractivity contribution < 1.29 is 8.81 Å². The molecule has 3 N–H and O–H groups in total. The molecule has 0 bridgehead atoms. The fourth-order valence-electron chi connectivity index (χ4n) is 4.14. The highest BCUT2D eigenvalue weighted by Gasteiger charge is 2.31. The van der Waals surface area contributed by atoms with Crippen molar-refractivity contribution in [3.63, 3.8) is 0 Å². The molecule has 10 nitrogen and oxygen atoms in total. The molecule has 2 aromatic carbocycles. The molecule has 3 heterocycles. The zero-order valence-corrected chi connectivity index (χ0v) is 19.2. The van der Waals surface area contributed by atoms with Crippen LogP contribution in [-0.2, 0) is 0 Å². The minimum Gasteiger partial charge on any atom is -0.420 e. The molecule has 180 valence electrons. The van der Waals surface area contributed by atoms with E-state index in [0.29, 0.717) is 28.8 Å². The van der Waals surface area contributed by atoms with Gasteiger partial charge in [0.05, 0.1) is 17.2 Å². The van der Waals surface area contributed by atoms with E-state index in [9.17, 15) is 9.18 Å². The summed E-state index contributed by atoms with van der Waals surface area (Å²) in [6.07, 6.45) is 3.34. The van der Waals surface area contributed by atoms with Crippen molar-refractivity contribution in [2.75, 3.05) is 11.1 Å². The monoisotopic (exact) mass is 484 g/mol. The highest BCUT2D eigenvalue weighted by Crippen LogP contribution is 2.41. The second-order valence-corrected chi connectivity index (χ2v) is 8.65. The lowest BCUT2D eigenvalue weighted by Crippen LogP contribution is -2.28. The van der Waals surface area contributed by atoms with Crippen LogP contribution in [0.3, 0.4) is 0 Å². The van der Waals surface area contributed by atoms with Crippen LogP contribution in [0.5, 0.6) is 0 Å².